The molecule has 0 N–H and O–H groups in total. The number of rotatable bonds is 0. The number of hydrogen-bond donors (Lipinski definition) is 0. The van der Waals surface area contributed by atoms with Crippen molar-refractivity contribution in [2.24, 2.45) is 0 Å². The molecule has 0 aliphatic carbocycles. The van der Waals surface area contributed by atoms with Crippen molar-refractivity contribution in [3.8, 4) is 0 Å². The van der Waals surface area contributed by atoms with Crippen molar-refractivity contribution in [1.29, 1.82) is 0 Å². The van der Waals surface area contributed by atoms with E-state index in [4.69, 9.17) is 9.47 Å². The van der Waals surface area contributed by atoms with Gasteiger partial charge in [0.25, 0.3) is 0 Å². The van der Waals surface area contributed by atoms with E-state index >= 15 is 0 Å². The van der Waals surface area contributed by atoms with Crippen molar-refractivity contribution in [2.75, 3.05) is 19.8 Å². The molecule has 0 radical (unpaired) electrons. The minimum atomic E-state index is -0.137. The van der Waals surface area contributed by atoms with Gasteiger partial charge in [-0.15, -0.1) is 0 Å². The molecule has 1 fully saturated rings. The first-order valence-corrected chi connectivity index (χ1v) is 3.63. The Balaban J connectivity index is 2.21. The highest BCUT2D eigenvalue weighted by Crippen LogP contribution is 1.98. The van der Waals surface area contributed by atoms with E-state index in [1.165, 1.54) is 0 Å². The number of ether oxygens (including phenoxy) is 2. The molecule has 0 aromatic carbocycles. The molecule has 0 atom stereocenters. The van der Waals surface area contributed by atoms with Crippen LogP contribution in [0.15, 0.2) is 0 Å². The van der Waals surface area contributed by atoms with Crippen molar-refractivity contribution < 1.29 is 14.3 Å². The zero-order valence-corrected chi connectivity index (χ0v) is 5.97. The molecule has 1 aliphatic heterocycles. The maximum absolute atomic E-state index is 10.7. The van der Waals surface area contributed by atoms with E-state index in [9.17, 15) is 4.79 Å². The molecule has 3 heteroatoms. The number of hydrogen-bond acceptors (Lipinski definition) is 3. The third kappa shape index (κ3) is 2.82. The molecule has 3 nitrogen and oxygen atoms in total. The van der Waals surface area contributed by atoms with Crippen LogP contribution in [-0.2, 0) is 14.3 Å². The monoisotopic (exact) mass is 144 g/mol. The quantitative estimate of drug-likeness (QED) is 0.470. The highest BCUT2D eigenvalue weighted by Gasteiger charge is 2.04. The topological polar surface area (TPSA) is 35.5 Å². The van der Waals surface area contributed by atoms with Crippen LogP contribution >= 0.6 is 0 Å². The van der Waals surface area contributed by atoms with Gasteiger partial charge in [-0.3, -0.25) is 4.79 Å². The Morgan fingerprint density at radius 1 is 1.10 bits per heavy atom. The lowest BCUT2D eigenvalue weighted by Gasteiger charge is -1.98. The van der Waals surface area contributed by atoms with E-state index in [0.717, 1.165) is 19.4 Å². The van der Waals surface area contributed by atoms with Crippen LogP contribution in [0.2, 0.25) is 0 Å². The Morgan fingerprint density at radius 3 is 2.80 bits per heavy atom. The van der Waals surface area contributed by atoms with Crippen molar-refractivity contribution in [3.63, 3.8) is 0 Å². The van der Waals surface area contributed by atoms with Gasteiger partial charge in [-0.25, -0.2) is 0 Å². The fourth-order valence-electron chi connectivity index (χ4n) is 0.822. The van der Waals surface area contributed by atoms with Crippen molar-refractivity contribution in [1.82, 2.24) is 0 Å². The summed E-state index contributed by atoms with van der Waals surface area (Å²) in [6.07, 6.45) is 2.32. The van der Waals surface area contributed by atoms with E-state index in [-0.39, 0.29) is 5.97 Å². The minimum absolute atomic E-state index is 0.137. The Labute approximate surface area is 60.3 Å². The first-order valence-electron chi connectivity index (χ1n) is 3.63. The average Bonchev–Trinajstić information content (AvgIpc) is 2.02. The van der Waals surface area contributed by atoms with Gasteiger partial charge in [-0.1, -0.05) is 0 Å². The van der Waals surface area contributed by atoms with Gasteiger partial charge in [-0.05, 0) is 12.8 Å². The standard InChI is InChI=1S/C7H12O3/c8-7-3-6-9-4-1-2-5-10-7/h1-6H2. The lowest BCUT2D eigenvalue weighted by atomic mass is 10.3. The number of carbonyl (C=O) groups excluding carboxylic acids is 1. The summed E-state index contributed by atoms with van der Waals surface area (Å²) in [4.78, 5) is 10.7. The van der Waals surface area contributed by atoms with Crippen molar-refractivity contribution in [3.05, 3.63) is 0 Å². The van der Waals surface area contributed by atoms with Crippen LogP contribution in [0.25, 0.3) is 0 Å². The fourth-order valence-corrected chi connectivity index (χ4v) is 0.822. The van der Waals surface area contributed by atoms with Crippen molar-refractivity contribution >= 4 is 5.97 Å². The number of cyclic esters (lactones) is 1. The number of esters is 1. The molecule has 10 heavy (non-hydrogen) atoms. The molecule has 0 aromatic heterocycles. The molecule has 1 aliphatic rings. The van der Waals surface area contributed by atoms with Gasteiger partial charge in [0.2, 0.25) is 0 Å². The summed E-state index contributed by atoms with van der Waals surface area (Å²) in [6, 6.07) is 0. The molecule has 0 amide bonds. The summed E-state index contributed by atoms with van der Waals surface area (Å²) >= 11 is 0. The predicted molar refractivity (Wildman–Crippen MR) is 35.6 cm³/mol. The first-order chi connectivity index (χ1) is 4.89. The van der Waals surface area contributed by atoms with E-state index in [1.54, 1.807) is 0 Å². The summed E-state index contributed by atoms with van der Waals surface area (Å²) in [7, 11) is 0. The van der Waals surface area contributed by atoms with Crippen molar-refractivity contribution in [2.45, 2.75) is 19.3 Å². The summed E-state index contributed by atoms with van der Waals surface area (Å²) in [5.74, 6) is -0.137. The summed E-state index contributed by atoms with van der Waals surface area (Å²) in [6.45, 7) is 1.83. The molecule has 0 bridgehead atoms. The highest BCUT2D eigenvalue weighted by atomic mass is 16.5. The normalized spacial score (nSPS) is 22.2. The van der Waals surface area contributed by atoms with Gasteiger partial charge >= 0.3 is 5.97 Å². The average molecular weight is 144 g/mol. The van der Waals surface area contributed by atoms with Crippen LogP contribution < -0.4 is 0 Å². The minimum Gasteiger partial charge on any atom is -0.466 e. The smallest absolute Gasteiger partial charge is 0.308 e. The summed E-state index contributed by atoms with van der Waals surface area (Å²) < 4.78 is 9.97. The lowest BCUT2D eigenvalue weighted by Crippen LogP contribution is -2.06. The van der Waals surface area contributed by atoms with Gasteiger partial charge in [0.1, 0.15) is 0 Å². The Morgan fingerprint density at radius 2 is 1.90 bits per heavy atom. The molecule has 1 saturated heterocycles. The SMILES string of the molecule is O=C1CCOCCCCO1. The molecule has 1 rings (SSSR count). The van der Waals surface area contributed by atoms with E-state index < -0.39 is 0 Å². The highest BCUT2D eigenvalue weighted by molar-refractivity contribution is 5.69. The second-order valence-corrected chi connectivity index (χ2v) is 2.29. The second-order valence-electron chi connectivity index (χ2n) is 2.29. The zero-order chi connectivity index (χ0) is 7.23. The summed E-state index contributed by atoms with van der Waals surface area (Å²) in [5.41, 5.74) is 0. The molecular formula is C7H12O3. The molecule has 0 saturated carbocycles. The molecule has 0 spiro atoms. The molecule has 58 valence electrons. The Hall–Kier alpha value is -0.570. The van der Waals surface area contributed by atoms with Crippen LogP contribution in [0, 0.1) is 0 Å². The molecule has 1 heterocycles. The number of carbonyl (C=O) groups is 1. The van der Waals surface area contributed by atoms with E-state index in [2.05, 4.69) is 0 Å². The largest absolute Gasteiger partial charge is 0.466 e. The summed E-state index contributed by atoms with van der Waals surface area (Å²) in [5, 5.41) is 0. The maximum Gasteiger partial charge on any atom is 0.308 e. The van der Waals surface area contributed by atoms with Gasteiger partial charge in [0.05, 0.1) is 19.6 Å². The zero-order valence-electron chi connectivity index (χ0n) is 5.97. The van der Waals surface area contributed by atoms with Crippen LogP contribution in [0.3, 0.4) is 0 Å². The molecule has 0 aromatic rings. The molecular weight excluding hydrogens is 132 g/mol. The van der Waals surface area contributed by atoms with Gasteiger partial charge in [0, 0.05) is 6.61 Å². The third-order valence-electron chi connectivity index (χ3n) is 1.40. The van der Waals surface area contributed by atoms with Gasteiger partial charge in [-0.2, -0.15) is 0 Å². The van der Waals surface area contributed by atoms with Gasteiger partial charge < -0.3 is 9.47 Å². The van der Waals surface area contributed by atoms with Gasteiger partial charge in [0.15, 0.2) is 0 Å². The van der Waals surface area contributed by atoms with Crippen LogP contribution in [0.5, 0.6) is 0 Å². The predicted octanol–water partition coefficient (Wildman–Crippen LogP) is 0.730. The fraction of sp³-hybridized carbons (Fsp3) is 0.857. The van der Waals surface area contributed by atoms with E-state index in [1.807, 2.05) is 0 Å². The second kappa shape index (κ2) is 4.28. The Bertz CT molecular complexity index is 99.4. The first kappa shape index (κ1) is 7.54. The third-order valence-corrected chi connectivity index (χ3v) is 1.40. The van der Waals surface area contributed by atoms with Crippen LogP contribution in [-0.4, -0.2) is 25.8 Å². The molecule has 0 unspecified atom stereocenters. The Kier molecular flexibility index (Phi) is 3.22. The van der Waals surface area contributed by atoms with Crippen LogP contribution in [0.1, 0.15) is 19.3 Å². The van der Waals surface area contributed by atoms with Crippen LogP contribution in [0.4, 0.5) is 0 Å². The van der Waals surface area contributed by atoms with E-state index in [0.29, 0.717) is 19.6 Å². The maximum atomic E-state index is 10.7. The lowest BCUT2D eigenvalue weighted by molar-refractivity contribution is -0.144.